The van der Waals surface area contributed by atoms with Gasteiger partial charge in [-0.05, 0) is 61.3 Å². The fraction of sp³-hybridized carbons (Fsp3) is 0.647. The first-order chi connectivity index (χ1) is 12.8. The van der Waals surface area contributed by atoms with Crippen molar-refractivity contribution >= 4 is 17.7 Å². The summed E-state index contributed by atoms with van der Waals surface area (Å²) < 4.78 is 7.45. The molecule has 0 bridgehead atoms. The SMILES string of the molecule is O=C(CSc1nnnn1C1CC1)NCC(c1ccco1)N1CCCCC1. The monoisotopic (exact) mass is 376 g/mol. The van der Waals surface area contributed by atoms with Crippen LogP contribution in [0.4, 0.5) is 0 Å². The summed E-state index contributed by atoms with van der Waals surface area (Å²) in [6.07, 6.45) is 7.61. The van der Waals surface area contributed by atoms with Crippen LogP contribution < -0.4 is 5.32 Å². The lowest BCUT2D eigenvalue weighted by molar-refractivity contribution is -0.118. The molecule has 1 N–H and O–H groups in total. The van der Waals surface area contributed by atoms with Gasteiger partial charge in [0.1, 0.15) is 5.76 Å². The second-order valence-electron chi connectivity index (χ2n) is 6.86. The summed E-state index contributed by atoms with van der Waals surface area (Å²) in [6.45, 7) is 2.65. The molecule has 0 aromatic carbocycles. The van der Waals surface area contributed by atoms with Crippen molar-refractivity contribution in [3.8, 4) is 0 Å². The van der Waals surface area contributed by atoms with Gasteiger partial charge in [0, 0.05) is 6.54 Å². The van der Waals surface area contributed by atoms with Gasteiger partial charge >= 0.3 is 0 Å². The van der Waals surface area contributed by atoms with Crippen LogP contribution in [0.25, 0.3) is 0 Å². The molecular formula is C17H24N6O2S. The molecular weight excluding hydrogens is 352 g/mol. The van der Waals surface area contributed by atoms with E-state index in [0.29, 0.717) is 18.3 Å². The van der Waals surface area contributed by atoms with Crippen LogP contribution in [0.5, 0.6) is 0 Å². The Labute approximate surface area is 156 Å². The lowest BCUT2D eigenvalue weighted by Crippen LogP contribution is -2.40. The summed E-state index contributed by atoms with van der Waals surface area (Å²) in [7, 11) is 0. The highest BCUT2D eigenvalue weighted by atomic mass is 32.2. The first-order valence-corrected chi connectivity index (χ1v) is 10.2. The lowest BCUT2D eigenvalue weighted by Gasteiger charge is -2.33. The van der Waals surface area contributed by atoms with Crippen LogP contribution in [0.1, 0.15) is 49.9 Å². The quantitative estimate of drug-likeness (QED) is 0.705. The molecule has 2 aliphatic rings. The van der Waals surface area contributed by atoms with E-state index in [1.165, 1.54) is 31.0 Å². The number of furan rings is 1. The third kappa shape index (κ3) is 4.27. The minimum Gasteiger partial charge on any atom is -0.468 e. The summed E-state index contributed by atoms with van der Waals surface area (Å²) in [5.74, 6) is 1.23. The number of carbonyl (C=O) groups excluding carboxylic acids is 1. The molecule has 1 amide bonds. The van der Waals surface area contributed by atoms with Gasteiger partial charge in [-0.25, -0.2) is 4.68 Å². The van der Waals surface area contributed by atoms with Crippen molar-refractivity contribution in [2.75, 3.05) is 25.4 Å². The van der Waals surface area contributed by atoms with Gasteiger partial charge in [-0.15, -0.1) is 5.10 Å². The fourth-order valence-corrected chi connectivity index (χ4v) is 4.12. The van der Waals surface area contributed by atoms with Crippen LogP contribution in [0, 0.1) is 0 Å². The highest BCUT2D eigenvalue weighted by Crippen LogP contribution is 2.36. The maximum absolute atomic E-state index is 12.3. The van der Waals surface area contributed by atoms with Crippen LogP contribution in [-0.4, -0.2) is 56.4 Å². The molecule has 3 heterocycles. The Bertz CT molecular complexity index is 709. The number of thioether (sulfide) groups is 1. The molecule has 8 nitrogen and oxygen atoms in total. The second-order valence-corrected chi connectivity index (χ2v) is 7.80. The second kappa shape index (κ2) is 8.22. The lowest BCUT2D eigenvalue weighted by atomic mass is 10.1. The standard InChI is InChI=1S/C17H24N6O2S/c24-16(12-26-17-19-20-21-23(17)13-6-7-13)18-11-14(15-5-4-10-25-15)22-8-2-1-3-9-22/h4-5,10,13-14H,1-3,6-9,11-12H2,(H,18,24). The number of nitrogens with one attached hydrogen (secondary N) is 1. The Morgan fingerprint density at radius 1 is 1.35 bits per heavy atom. The number of amides is 1. The molecule has 1 saturated carbocycles. The van der Waals surface area contributed by atoms with E-state index in [1.807, 2.05) is 16.8 Å². The molecule has 140 valence electrons. The summed E-state index contributed by atoms with van der Waals surface area (Å²) >= 11 is 1.39. The zero-order valence-corrected chi connectivity index (χ0v) is 15.5. The van der Waals surface area contributed by atoms with E-state index >= 15 is 0 Å². The molecule has 1 atom stereocenters. The number of rotatable bonds is 8. The summed E-state index contributed by atoms with van der Waals surface area (Å²) in [5.41, 5.74) is 0. The smallest absolute Gasteiger partial charge is 0.230 e. The molecule has 1 unspecified atom stereocenters. The van der Waals surface area contributed by atoms with Gasteiger partial charge in [-0.3, -0.25) is 9.69 Å². The highest BCUT2D eigenvalue weighted by molar-refractivity contribution is 7.99. The van der Waals surface area contributed by atoms with Gasteiger partial charge in [-0.2, -0.15) is 0 Å². The van der Waals surface area contributed by atoms with E-state index < -0.39 is 0 Å². The van der Waals surface area contributed by atoms with Crippen molar-refractivity contribution in [2.24, 2.45) is 0 Å². The molecule has 2 aromatic rings. The van der Waals surface area contributed by atoms with Crippen LogP contribution in [0.2, 0.25) is 0 Å². The Hall–Kier alpha value is -1.87. The average Bonchev–Trinajstić information content (AvgIpc) is 3.17. The minimum atomic E-state index is -0.00564. The number of likely N-dealkylation sites (tertiary alicyclic amines) is 1. The van der Waals surface area contributed by atoms with Crippen molar-refractivity contribution in [3.63, 3.8) is 0 Å². The van der Waals surface area contributed by atoms with Crippen LogP contribution in [-0.2, 0) is 4.79 Å². The van der Waals surface area contributed by atoms with Crippen LogP contribution in [0.15, 0.2) is 28.0 Å². The van der Waals surface area contributed by atoms with Crippen LogP contribution in [0.3, 0.4) is 0 Å². The van der Waals surface area contributed by atoms with Crippen LogP contribution >= 0.6 is 11.8 Å². The van der Waals surface area contributed by atoms with E-state index in [4.69, 9.17) is 4.42 Å². The molecule has 9 heteroatoms. The van der Waals surface area contributed by atoms with Gasteiger partial charge in [0.25, 0.3) is 0 Å². The van der Waals surface area contributed by atoms with Gasteiger partial charge < -0.3 is 9.73 Å². The molecule has 1 saturated heterocycles. The molecule has 0 spiro atoms. The van der Waals surface area contributed by atoms with Crippen molar-refractivity contribution in [1.82, 2.24) is 30.4 Å². The van der Waals surface area contributed by atoms with E-state index in [1.54, 1.807) is 6.26 Å². The van der Waals surface area contributed by atoms with Gasteiger partial charge in [0.2, 0.25) is 11.1 Å². The molecule has 0 radical (unpaired) electrons. The minimum absolute atomic E-state index is 0.00564. The van der Waals surface area contributed by atoms with E-state index in [2.05, 4.69) is 25.7 Å². The maximum Gasteiger partial charge on any atom is 0.230 e. The number of carbonyl (C=O) groups is 1. The molecule has 1 aliphatic heterocycles. The van der Waals surface area contributed by atoms with Crippen molar-refractivity contribution in [2.45, 2.75) is 49.3 Å². The number of hydrogen-bond acceptors (Lipinski definition) is 7. The summed E-state index contributed by atoms with van der Waals surface area (Å²) in [5, 5.41) is 15.5. The predicted octanol–water partition coefficient (Wildman–Crippen LogP) is 2.04. The Kier molecular flexibility index (Phi) is 5.54. The first kappa shape index (κ1) is 17.5. The highest BCUT2D eigenvalue weighted by Gasteiger charge is 2.28. The van der Waals surface area contributed by atoms with Gasteiger partial charge in [-0.1, -0.05) is 18.2 Å². The molecule has 1 aliphatic carbocycles. The Balaban J connectivity index is 1.30. The van der Waals surface area contributed by atoms with E-state index in [-0.39, 0.29) is 11.9 Å². The number of tetrazole rings is 1. The molecule has 4 rings (SSSR count). The van der Waals surface area contributed by atoms with Crippen molar-refractivity contribution in [1.29, 1.82) is 0 Å². The molecule has 2 aromatic heterocycles. The van der Waals surface area contributed by atoms with Crippen molar-refractivity contribution < 1.29 is 9.21 Å². The summed E-state index contributed by atoms with van der Waals surface area (Å²) in [4.78, 5) is 14.7. The number of nitrogens with zero attached hydrogens (tertiary/aromatic N) is 5. The number of piperidine rings is 1. The fourth-order valence-electron chi connectivity index (χ4n) is 3.34. The van der Waals surface area contributed by atoms with Crippen molar-refractivity contribution in [3.05, 3.63) is 24.2 Å². The largest absolute Gasteiger partial charge is 0.468 e. The first-order valence-electron chi connectivity index (χ1n) is 9.26. The Morgan fingerprint density at radius 2 is 2.19 bits per heavy atom. The average molecular weight is 376 g/mol. The van der Waals surface area contributed by atoms with Gasteiger partial charge in [0.15, 0.2) is 0 Å². The normalized spacial score (nSPS) is 19.4. The molecule has 2 fully saturated rings. The Morgan fingerprint density at radius 3 is 2.92 bits per heavy atom. The third-order valence-electron chi connectivity index (χ3n) is 4.88. The maximum atomic E-state index is 12.3. The number of hydrogen-bond donors (Lipinski definition) is 1. The topological polar surface area (TPSA) is 89.1 Å². The van der Waals surface area contributed by atoms with Gasteiger partial charge in [0.05, 0.1) is 24.1 Å². The third-order valence-corrected chi connectivity index (χ3v) is 5.82. The predicted molar refractivity (Wildman–Crippen MR) is 96.7 cm³/mol. The molecule has 26 heavy (non-hydrogen) atoms. The van der Waals surface area contributed by atoms with E-state index in [9.17, 15) is 4.79 Å². The number of aromatic nitrogens is 4. The van der Waals surface area contributed by atoms with E-state index in [0.717, 1.165) is 36.8 Å². The zero-order valence-electron chi connectivity index (χ0n) is 14.7. The summed E-state index contributed by atoms with van der Waals surface area (Å²) in [6, 6.07) is 4.40. The zero-order chi connectivity index (χ0) is 17.8.